The number of halogens is 3. The van der Waals surface area contributed by atoms with E-state index in [0.717, 1.165) is 0 Å². The van der Waals surface area contributed by atoms with Crippen molar-refractivity contribution >= 4 is 70.3 Å². The Kier molecular flexibility index (Phi) is 8.87. The van der Waals surface area contributed by atoms with Crippen LogP contribution < -0.4 is 0 Å². The van der Waals surface area contributed by atoms with Crippen LogP contribution in [0.5, 0.6) is 0 Å². The van der Waals surface area contributed by atoms with Gasteiger partial charge in [0.1, 0.15) is 0 Å². The van der Waals surface area contributed by atoms with Gasteiger partial charge in [-0.2, -0.15) is 0 Å². The molecule has 0 heterocycles. The summed E-state index contributed by atoms with van der Waals surface area (Å²) in [4.78, 5) is 0. The van der Waals surface area contributed by atoms with Crippen LogP contribution in [0.15, 0.2) is 19.4 Å². The van der Waals surface area contributed by atoms with Crippen LogP contribution in [0.4, 0.5) is 0 Å². The van der Waals surface area contributed by atoms with Gasteiger partial charge in [-0.05, 0) is 0 Å². The molecule has 0 aromatic rings. The summed E-state index contributed by atoms with van der Waals surface area (Å²) >= 11 is 8.21. The predicted molar refractivity (Wildman–Crippen MR) is 102 cm³/mol. The molecule has 0 aromatic heterocycles. The fraction of sp³-hybridized carbons (Fsp3) is 0.667. The molecule has 0 spiro atoms. The summed E-state index contributed by atoms with van der Waals surface area (Å²) in [5.41, 5.74) is 1.61. The number of rotatable bonds is 5. The van der Waals surface area contributed by atoms with Gasteiger partial charge in [0.25, 0.3) is 0 Å². The maximum atomic E-state index is 2.79. The molecule has 0 N–H and O–H groups in total. The standard InChI is InChI=1S/C12H19I3Te/c1-2-3-9-16(14,15)12(13)10-11-7-5-4-6-8-11/h7,10H,2-6,8-9H2,1H3/b12-10+. The summed E-state index contributed by atoms with van der Waals surface area (Å²) < 4.78 is 3.17. The summed E-state index contributed by atoms with van der Waals surface area (Å²) in [7, 11) is -1.71. The monoisotopic (exact) mass is 674 g/mol. The Morgan fingerprint density at radius 1 is 1.44 bits per heavy atom. The summed E-state index contributed by atoms with van der Waals surface area (Å²) in [5, 5.41) is 0. The van der Waals surface area contributed by atoms with E-state index >= 15 is 0 Å². The van der Waals surface area contributed by atoms with Gasteiger partial charge in [-0.1, -0.05) is 0 Å². The number of unbranched alkanes of at least 4 members (excludes halogenated alkanes) is 1. The first-order valence-electron chi connectivity index (χ1n) is 5.83. The SMILES string of the molecule is CCCC[Te](I)(I)/C(I)=C/C1=CCCCC1. The van der Waals surface area contributed by atoms with Crippen molar-refractivity contribution in [3.05, 3.63) is 19.4 Å². The van der Waals surface area contributed by atoms with Gasteiger partial charge in [0.2, 0.25) is 0 Å². The molecule has 0 saturated heterocycles. The molecule has 4 heteroatoms. The van der Waals surface area contributed by atoms with E-state index in [0.29, 0.717) is 0 Å². The van der Waals surface area contributed by atoms with Crippen LogP contribution in [-0.4, -0.2) is 10.3 Å². The third-order valence-electron chi connectivity index (χ3n) is 2.66. The second-order valence-electron chi connectivity index (χ2n) is 4.11. The van der Waals surface area contributed by atoms with Crippen LogP contribution in [0.2, 0.25) is 4.47 Å². The maximum absolute atomic E-state index is 2.79. The van der Waals surface area contributed by atoms with E-state index in [4.69, 9.17) is 0 Å². The third-order valence-corrected chi connectivity index (χ3v) is 35.9. The fourth-order valence-corrected chi connectivity index (χ4v) is 12.7. The molecule has 0 amide bonds. The Morgan fingerprint density at radius 2 is 2.19 bits per heavy atom. The number of allylic oxidation sites excluding steroid dienone is 3. The van der Waals surface area contributed by atoms with Crippen LogP contribution in [0.25, 0.3) is 0 Å². The first kappa shape index (κ1) is 16.5. The molecule has 0 nitrogen and oxygen atoms in total. The Balaban J connectivity index is 2.63. The van der Waals surface area contributed by atoms with Gasteiger partial charge in [-0.15, -0.1) is 0 Å². The molecular formula is C12H19I3Te. The second-order valence-corrected chi connectivity index (χ2v) is 44.7. The van der Waals surface area contributed by atoms with Crippen molar-refractivity contribution < 1.29 is 0 Å². The van der Waals surface area contributed by atoms with Gasteiger partial charge in [-0.25, -0.2) is 0 Å². The quantitative estimate of drug-likeness (QED) is 0.233. The van der Waals surface area contributed by atoms with Crippen molar-refractivity contribution in [3.63, 3.8) is 0 Å². The van der Waals surface area contributed by atoms with Gasteiger partial charge < -0.3 is 0 Å². The zero-order chi connectivity index (χ0) is 12.0. The normalized spacial score (nSPS) is 19.5. The molecule has 0 unspecified atom stereocenters. The van der Waals surface area contributed by atoms with Gasteiger partial charge in [-0.3, -0.25) is 0 Å². The first-order chi connectivity index (χ1) is 7.56. The Bertz CT molecular complexity index is 282. The zero-order valence-electron chi connectivity index (χ0n) is 9.65. The van der Waals surface area contributed by atoms with Crippen molar-refractivity contribution in [1.29, 1.82) is 0 Å². The van der Waals surface area contributed by atoms with Crippen LogP contribution in [0, 0.1) is 0 Å². The molecule has 1 aliphatic rings. The van der Waals surface area contributed by atoms with Crippen molar-refractivity contribution in [2.24, 2.45) is 0 Å². The van der Waals surface area contributed by atoms with Crippen molar-refractivity contribution in [2.75, 3.05) is 0 Å². The summed E-state index contributed by atoms with van der Waals surface area (Å²) in [6.07, 6.45) is 13.1. The van der Waals surface area contributed by atoms with Crippen molar-refractivity contribution in [2.45, 2.75) is 49.9 Å². The topological polar surface area (TPSA) is 0 Å². The average Bonchev–Trinajstić information content (AvgIpc) is 2.28. The van der Waals surface area contributed by atoms with E-state index in [1.165, 1.54) is 43.0 Å². The summed E-state index contributed by atoms with van der Waals surface area (Å²) in [6, 6.07) is 0. The second kappa shape index (κ2) is 8.59. The molecule has 0 atom stereocenters. The molecule has 0 fully saturated rings. The van der Waals surface area contributed by atoms with Gasteiger partial charge in [0.15, 0.2) is 0 Å². The van der Waals surface area contributed by atoms with E-state index in [9.17, 15) is 0 Å². The first-order valence-corrected chi connectivity index (χ1v) is 23.3. The third kappa shape index (κ3) is 6.07. The molecule has 16 heavy (non-hydrogen) atoms. The summed E-state index contributed by atoms with van der Waals surface area (Å²) in [6.45, 7) is 2.30. The van der Waals surface area contributed by atoms with Gasteiger partial charge >= 0.3 is 140 Å². The van der Waals surface area contributed by atoms with Gasteiger partial charge in [0.05, 0.1) is 0 Å². The van der Waals surface area contributed by atoms with E-state index in [2.05, 4.69) is 79.1 Å². The van der Waals surface area contributed by atoms with Crippen LogP contribution in [-0.2, 0) is 0 Å². The van der Waals surface area contributed by atoms with Gasteiger partial charge in [0, 0.05) is 0 Å². The molecule has 0 saturated carbocycles. The molecule has 0 aromatic carbocycles. The Morgan fingerprint density at radius 3 is 2.75 bits per heavy atom. The van der Waals surface area contributed by atoms with Crippen molar-refractivity contribution in [1.82, 2.24) is 0 Å². The Hall–Kier alpha value is 2.46. The summed E-state index contributed by atoms with van der Waals surface area (Å²) in [5.74, 6) is 0. The molecule has 0 bridgehead atoms. The molecule has 94 valence electrons. The zero-order valence-corrected chi connectivity index (χ0v) is 18.4. The van der Waals surface area contributed by atoms with Crippen LogP contribution in [0.3, 0.4) is 0 Å². The van der Waals surface area contributed by atoms with E-state index < -0.39 is 10.3 Å². The van der Waals surface area contributed by atoms with E-state index in [1.807, 2.05) is 0 Å². The minimum absolute atomic E-state index is 1.30. The van der Waals surface area contributed by atoms with E-state index in [1.54, 1.807) is 7.20 Å². The molecule has 1 rings (SSSR count). The Labute approximate surface area is 137 Å². The molecule has 1 aliphatic carbocycles. The predicted octanol–water partition coefficient (Wildman–Crippen LogP) is 6.46. The van der Waals surface area contributed by atoms with Crippen LogP contribution in [0.1, 0.15) is 45.4 Å². The average molecular weight is 672 g/mol. The fourth-order valence-electron chi connectivity index (χ4n) is 1.65. The van der Waals surface area contributed by atoms with Crippen LogP contribution >= 0.6 is 60.0 Å². The number of hydrogen-bond acceptors (Lipinski definition) is 0. The molecule has 0 aliphatic heterocycles. The minimum atomic E-state index is -1.71. The number of hydrogen-bond donors (Lipinski definition) is 0. The molecular weight excluding hydrogens is 652 g/mol. The molecule has 0 radical (unpaired) electrons. The van der Waals surface area contributed by atoms with Crippen molar-refractivity contribution in [3.8, 4) is 0 Å². The van der Waals surface area contributed by atoms with E-state index in [-0.39, 0.29) is 0 Å².